The Balaban J connectivity index is 1.69. The van der Waals surface area contributed by atoms with Crippen molar-refractivity contribution in [2.24, 2.45) is 0 Å². The quantitative estimate of drug-likeness (QED) is 0.781. The van der Waals surface area contributed by atoms with Crippen LogP contribution in [0.5, 0.6) is 5.19 Å². The summed E-state index contributed by atoms with van der Waals surface area (Å²) in [6.45, 7) is 0.717. The van der Waals surface area contributed by atoms with E-state index in [9.17, 15) is 0 Å². The van der Waals surface area contributed by atoms with Crippen molar-refractivity contribution in [3.8, 4) is 5.19 Å². The van der Waals surface area contributed by atoms with Gasteiger partial charge in [0.05, 0.1) is 6.61 Å². The van der Waals surface area contributed by atoms with E-state index in [2.05, 4.69) is 45.2 Å². The van der Waals surface area contributed by atoms with Crippen LogP contribution in [0, 0.1) is 0 Å². The van der Waals surface area contributed by atoms with Crippen molar-refractivity contribution in [2.75, 3.05) is 6.61 Å². The highest BCUT2D eigenvalue weighted by Crippen LogP contribution is 2.21. The highest BCUT2D eigenvalue weighted by atomic mass is 79.9. The molecule has 0 unspecified atom stereocenters. The first-order valence-corrected chi connectivity index (χ1v) is 6.79. The molecule has 0 N–H and O–H groups in total. The van der Waals surface area contributed by atoms with E-state index in [1.54, 1.807) is 0 Å². The minimum atomic E-state index is 0.717. The highest BCUT2D eigenvalue weighted by Gasteiger charge is 1.99. The van der Waals surface area contributed by atoms with Crippen molar-refractivity contribution in [1.82, 2.24) is 4.98 Å². The van der Waals surface area contributed by atoms with E-state index in [0.29, 0.717) is 0 Å². The van der Waals surface area contributed by atoms with Crippen LogP contribution < -0.4 is 4.74 Å². The van der Waals surface area contributed by atoms with E-state index < -0.39 is 0 Å². The van der Waals surface area contributed by atoms with Gasteiger partial charge in [0.2, 0.25) is 0 Å². The number of thiazole rings is 1. The lowest BCUT2D eigenvalue weighted by Gasteiger charge is -2.02. The van der Waals surface area contributed by atoms with E-state index in [1.807, 2.05) is 11.4 Å². The maximum absolute atomic E-state index is 5.53. The summed E-state index contributed by atoms with van der Waals surface area (Å²) in [6.07, 6.45) is 2.06. The molecule has 84 valence electrons. The van der Waals surface area contributed by atoms with Crippen LogP contribution in [0.3, 0.4) is 0 Å². The lowest BCUT2D eigenvalue weighted by atomic mass is 10.1. The van der Waals surface area contributed by atoms with E-state index in [-0.39, 0.29) is 0 Å². The Labute approximate surface area is 107 Å². The topological polar surface area (TPSA) is 22.1 Å². The Bertz CT molecular complexity index is 430. The maximum atomic E-state index is 5.53. The second kappa shape index (κ2) is 6.01. The molecule has 16 heavy (non-hydrogen) atoms. The highest BCUT2D eigenvalue weighted by molar-refractivity contribution is 9.10. The third kappa shape index (κ3) is 3.61. The molecule has 4 heteroatoms. The Morgan fingerprint density at radius 3 is 2.75 bits per heavy atom. The van der Waals surface area contributed by atoms with Gasteiger partial charge in [-0.25, -0.2) is 0 Å². The average Bonchev–Trinajstić information content (AvgIpc) is 2.72. The van der Waals surface area contributed by atoms with E-state index in [4.69, 9.17) is 4.74 Å². The summed E-state index contributed by atoms with van der Waals surface area (Å²) < 4.78 is 6.37. The first kappa shape index (κ1) is 11.6. The van der Waals surface area contributed by atoms with Gasteiger partial charge in [-0.15, -0.1) is 0 Å². The van der Waals surface area contributed by atoms with Gasteiger partial charge in [0, 0.05) is 5.38 Å². The summed E-state index contributed by atoms with van der Waals surface area (Å²) in [4.78, 5) is 4.17. The van der Waals surface area contributed by atoms with Gasteiger partial charge in [0.1, 0.15) is 4.60 Å². The number of benzene rings is 1. The zero-order valence-electron chi connectivity index (χ0n) is 8.73. The molecule has 2 aromatic rings. The Hall–Kier alpha value is -0.870. The van der Waals surface area contributed by atoms with Crippen LogP contribution in [0.4, 0.5) is 0 Å². The van der Waals surface area contributed by atoms with Crippen LogP contribution in [0.2, 0.25) is 0 Å². The fourth-order valence-electron chi connectivity index (χ4n) is 1.39. The molecule has 0 atom stereocenters. The normalized spacial score (nSPS) is 10.3. The molecule has 1 aromatic heterocycles. The monoisotopic (exact) mass is 297 g/mol. The molecule has 1 aromatic carbocycles. The van der Waals surface area contributed by atoms with E-state index in [0.717, 1.165) is 29.2 Å². The standard InChI is InChI=1S/C12H12BrNOS/c13-11-9-16-12(14-11)15-8-4-7-10-5-2-1-3-6-10/h1-3,5-6,9H,4,7-8H2. The van der Waals surface area contributed by atoms with Crippen molar-refractivity contribution in [1.29, 1.82) is 0 Å². The Morgan fingerprint density at radius 2 is 2.06 bits per heavy atom. The molecule has 0 saturated carbocycles. The van der Waals surface area contributed by atoms with Crippen LogP contribution >= 0.6 is 27.3 Å². The number of rotatable bonds is 5. The van der Waals surface area contributed by atoms with Crippen molar-refractivity contribution in [2.45, 2.75) is 12.8 Å². The average molecular weight is 298 g/mol. The molecule has 0 bridgehead atoms. The van der Waals surface area contributed by atoms with Crippen LogP contribution in [0.15, 0.2) is 40.3 Å². The predicted octanol–water partition coefficient (Wildman–Crippen LogP) is 3.92. The summed E-state index contributed by atoms with van der Waals surface area (Å²) in [5, 5.41) is 2.66. The van der Waals surface area contributed by atoms with Gasteiger partial charge in [-0.3, -0.25) is 0 Å². The van der Waals surface area contributed by atoms with Gasteiger partial charge in [-0.05, 0) is 34.3 Å². The fraction of sp³-hybridized carbons (Fsp3) is 0.250. The largest absolute Gasteiger partial charge is 0.470 e. The second-order valence-corrected chi connectivity index (χ2v) is 5.01. The molecule has 2 rings (SSSR count). The van der Waals surface area contributed by atoms with Crippen LogP contribution in [0.25, 0.3) is 0 Å². The van der Waals surface area contributed by atoms with Crippen LogP contribution in [-0.2, 0) is 6.42 Å². The summed E-state index contributed by atoms with van der Waals surface area (Å²) in [7, 11) is 0. The SMILES string of the molecule is Brc1csc(OCCCc2ccccc2)n1. The molecule has 0 radical (unpaired) electrons. The van der Waals surface area contributed by atoms with Crippen molar-refractivity contribution < 1.29 is 4.74 Å². The molecule has 0 fully saturated rings. The minimum absolute atomic E-state index is 0.717. The zero-order chi connectivity index (χ0) is 11.2. The molecule has 0 aliphatic rings. The molecule has 0 aliphatic carbocycles. The first-order valence-electron chi connectivity index (χ1n) is 5.12. The smallest absolute Gasteiger partial charge is 0.274 e. The third-order valence-electron chi connectivity index (χ3n) is 2.13. The number of aryl methyl sites for hydroxylation is 1. The summed E-state index contributed by atoms with van der Waals surface area (Å²) >= 11 is 4.81. The molecular weight excluding hydrogens is 286 g/mol. The fourth-order valence-corrected chi connectivity index (χ4v) is 2.50. The van der Waals surface area contributed by atoms with E-state index in [1.165, 1.54) is 16.9 Å². The predicted molar refractivity (Wildman–Crippen MR) is 70.1 cm³/mol. The molecule has 0 amide bonds. The van der Waals surface area contributed by atoms with Gasteiger partial charge in [-0.2, -0.15) is 4.98 Å². The Kier molecular flexibility index (Phi) is 4.36. The summed E-state index contributed by atoms with van der Waals surface area (Å²) in [6, 6.07) is 10.4. The molecule has 1 heterocycles. The number of halogens is 1. The number of ether oxygens (including phenoxy) is 1. The van der Waals surface area contributed by atoms with Crippen LogP contribution in [-0.4, -0.2) is 11.6 Å². The lowest BCUT2D eigenvalue weighted by Crippen LogP contribution is -1.98. The summed E-state index contributed by atoms with van der Waals surface area (Å²) in [5.74, 6) is 0. The number of nitrogens with zero attached hydrogens (tertiary/aromatic N) is 1. The van der Waals surface area contributed by atoms with Crippen LogP contribution in [0.1, 0.15) is 12.0 Å². The van der Waals surface area contributed by atoms with Gasteiger partial charge in [0.25, 0.3) is 5.19 Å². The summed E-state index contributed by atoms with van der Waals surface area (Å²) in [5.41, 5.74) is 1.35. The lowest BCUT2D eigenvalue weighted by molar-refractivity contribution is 0.309. The molecule has 0 saturated heterocycles. The third-order valence-corrected chi connectivity index (χ3v) is 3.59. The molecular formula is C12H12BrNOS. The van der Waals surface area contributed by atoms with E-state index >= 15 is 0 Å². The van der Waals surface area contributed by atoms with Gasteiger partial charge in [-0.1, -0.05) is 41.7 Å². The number of hydrogen-bond donors (Lipinski definition) is 0. The number of aromatic nitrogens is 1. The van der Waals surface area contributed by atoms with Gasteiger partial charge < -0.3 is 4.74 Å². The molecule has 0 aliphatic heterocycles. The Morgan fingerprint density at radius 1 is 1.25 bits per heavy atom. The zero-order valence-corrected chi connectivity index (χ0v) is 11.1. The van der Waals surface area contributed by atoms with Crippen molar-refractivity contribution in [3.05, 3.63) is 45.9 Å². The number of hydrogen-bond acceptors (Lipinski definition) is 3. The van der Waals surface area contributed by atoms with Gasteiger partial charge >= 0.3 is 0 Å². The van der Waals surface area contributed by atoms with Crippen molar-refractivity contribution in [3.63, 3.8) is 0 Å². The second-order valence-electron chi connectivity index (χ2n) is 3.37. The maximum Gasteiger partial charge on any atom is 0.274 e. The first-order chi connectivity index (χ1) is 7.84. The van der Waals surface area contributed by atoms with Crippen molar-refractivity contribution >= 4 is 27.3 Å². The minimum Gasteiger partial charge on any atom is -0.470 e. The molecule has 2 nitrogen and oxygen atoms in total. The molecule has 0 spiro atoms. The van der Waals surface area contributed by atoms with Gasteiger partial charge in [0.15, 0.2) is 0 Å².